The van der Waals surface area contributed by atoms with Crippen LogP contribution < -0.4 is 10.6 Å². The highest BCUT2D eigenvalue weighted by atomic mass is 16.2. The zero-order chi connectivity index (χ0) is 13.7. The molecule has 1 aliphatic rings. The number of hydrogen-bond acceptors (Lipinski definition) is 1. The van der Waals surface area contributed by atoms with Crippen LogP contribution in [0.25, 0.3) is 0 Å². The van der Waals surface area contributed by atoms with Crippen LogP contribution in [0.4, 0.5) is 4.79 Å². The van der Waals surface area contributed by atoms with Crippen molar-refractivity contribution in [1.82, 2.24) is 10.6 Å². The summed E-state index contributed by atoms with van der Waals surface area (Å²) >= 11 is 0. The van der Waals surface area contributed by atoms with Crippen molar-refractivity contribution in [3.05, 3.63) is 47.7 Å². The molecule has 1 fully saturated rings. The predicted molar refractivity (Wildman–Crippen MR) is 77.8 cm³/mol. The first-order valence-corrected chi connectivity index (χ1v) is 7.01. The van der Waals surface area contributed by atoms with Crippen molar-refractivity contribution in [2.24, 2.45) is 5.92 Å². The number of carbonyl (C=O) groups excluding carboxylic acids is 1. The number of benzene rings is 1. The quantitative estimate of drug-likeness (QED) is 0.833. The largest absolute Gasteiger partial charge is 0.331 e. The van der Waals surface area contributed by atoms with E-state index in [1.54, 1.807) is 6.20 Å². The van der Waals surface area contributed by atoms with Crippen molar-refractivity contribution >= 4 is 6.03 Å². The number of urea groups is 1. The number of aryl methyl sites for hydroxylation is 1. The predicted octanol–water partition coefficient (Wildman–Crippen LogP) is 3.53. The van der Waals surface area contributed by atoms with E-state index in [2.05, 4.69) is 47.9 Å². The van der Waals surface area contributed by atoms with Gasteiger partial charge in [0.2, 0.25) is 0 Å². The minimum atomic E-state index is -0.149. The molecule has 2 N–H and O–H groups in total. The number of hydrogen-bond donors (Lipinski definition) is 2. The minimum Gasteiger partial charge on any atom is -0.331 e. The third kappa shape index (κ3) is 4.43. The Kier molecular flexibility index (Phi) is 4.61. The standard InChI is InChI=1S/C16H22N2O/c1-3-13-6-8-15(9-7-13)12(2)18-16(19)17-11-10-14-4-5-14/h6-12,14H,3-5H2,1-2H3,(H2,17,18,19)/b11-10+. The summed E-state index contributed by atoms with van der Waals surface area (Å²) in [6, 6.07) is 8.23. The second-order valence-electron chi connectivity index (χ2n) is 5.13. The molecule has 1 unspecified atom stereocenters. The van der Waals surface area contributed by atoms with E-state index in [1.165, 1.54) is 18.4 Å². The van der Waals surface area contributed by atoms with Crippen LogP contribution in [0.3, 0.4) is 0 Å². The molecule has 102 valence electrons. The van der Waals surface area contributed by atoms with Crippen LogP contribution in [0, 0.1) is 5.92 Å². The van der Waals surface area contributed by atoms with E-state index >= 15 is 0 Å². The van der Waals surface area contributed by atoms with Crippen molar-refractivity contribution in [1.29, 1.82) is 0 Å². The van der Waals surface area contributed by atoms with E-state index in [4.69, 9.17) is 0 Å². The van der Waals surface area contributed by atoms with Gasteiger partial charge < -0.3 is 10.6 Å². The number of allylic oxidation sites excluding steroid dienone is 1. The molecule has 0 spiro atoms. The van der Waals surface area contributed by atoms with Crippen molar-refractivity contribution < 1.29 is 4.79 Å². The Bertz CT molecular complexity index is 446. The van der Waals surface area contributed by atoms with E-state index in [9.17, 15) is 4.79 Å². The Labute approximate surface area is 115 Å². The molecule has 1 aliphatic carbocycles. The molecule has 2 amide bonds. The van der Waals surface area contributed by atoms with Gasteiger partial charge in [-0.2, -0.15) is 0 Å². The molecule has 0 saturated heterocycles. The van der Waals surface area contributed by atoms with Gasteiger partial charge in [-0.1, -0.05) is 37.3 Å². The number of rotatable bonds is 5. The fourth-order valence-corrected chi connectivity index (χ4v) is 1.91. The van der Waals surface area contributed by atoms with E-state index in [1.807, 2.05) is 6.92 Å². The topological polar surface area (TPSA) is 41.1 Å². The molecule has 0 radical (unpaired) electrons. The molecule has 0 heterocycles. The highest BCUT2D eigenvalue weighted by molar-refractivity contribution is 5.75. The summed E-state index contributed by atoms with van der Waals surface area (Å²) in [5, 5.41) is 5.67. The van der Waals surface area contributed by atoms with Crippen LogP contribution >= 0.6 is 0 Å². The first kappa shape index (κ1) is 13.7. The Morgan fingerprint density at radius 2 is 2.05 bits per heavy atom. The molecule has 0 aliphatic heterocycles. The maximum Gasteiger partial charge on any atom is 0.319 e. The second-order valence-corrected chi connectivity index (χ2v) is 5.13. The third-order valence-electron chi connectivity index (χ3n) is 3.44. The van der Waals surface area contributed by atoms with Gasteiger partial charge in [-0.25, -0.2) is 4.79 Å². The fraction of sp³-hybridized carbons (Fsp3) is 0.438. The SMILES string of the molecule is CCc1ccc(C(C)NC(=O)N/C=C/C2CC2)cc1. The molecule has 1 saturated carbocycles. The van der Waals surface area contributed by atoms with Gasteiger partial charge >= 0.3 is 6.03 Å². The van der Waals surface area contributed by atoms with Gasteiger partial charge in [0.25, 0.3) is 0 Å². The van der Waals surface area contributed by atoms with Crippen molar-refractivity contribution in [3.8, 4) is 0 Å². The van der Waals surface area contributed by atoms with Crippen LogP contribution in [0.1, 0.15) is 43.9 Å². The first-order chi connectivity index (χ1) is 9.19. The van der Waals surface area contributed by atoms with Gasteiger partial charge in [-0.05, 0) is 43.2 Å². The first-order valence-electron chi connectivity index (χ1n) is 7.01. The lowest BCUT2D eigenvalue weighted by atomic mass is 10.1. The van der Waals surface area contributed by atoms with Crippen LogP contribution in [0.5, 0.6) is 0 Å². The Morgan fingerprint density at radius 3 is 2.63 bits per heavy atom. The summed E-state index contributed by atoms with van der Waals surface area (Å²) < 4.78 is 0. The van der Waals surface area contributed by atoms with E-state index < -0.39 is 0 Å². The van der Waals surface area contributed by atoms with E-state index in [0.29, 0.717) is 5.92 Å². The maximum atomic E-state index is 11.7. The van der Waals surface area contributed by atoms with Crippen LogP contribution in [0.15, 0.2) is 36.5 Å². The van der Waals surface area contributed by atoms with Crippen LogP contribution in [-0.2, 0) is 6.42 Å². The molecule has 3 nitrogen and oxygen atoms in total. The second kappa shape index (κ2) is 6.41. The number of carbonyl (C=O) groups is 1. The maximum absolute atomic E-state index is 11.7. The Morgan fingerprint density at radius 1 is 1.37 bits per heavy atom. The monoisotopic (exact) mass is 258 g/mol. The Balaban J connectivity index is 1.81. The van der Waals surface area contributed by atoms with Gasteiger partial charge in [0.15, 0.2) is 0 Å². The summed E-state index contributed by atoms with van der Waals surface area (Å²) in [5.41, 5.74) is 2.44. The molecule has 2 rings (SSSR count). The van der Waals surface area contributed by atoms with Gasteiger partial charge in [0.05, 0.1) is 6.04 Å². The minimum absolute atomic E-state index is 0.0141. The molecular formula is C16H22N2O. The molecule has 3 heteroatoms. The van der Waals surface area contributed by atoms with Crippen molar-refractivity contribution in [2.45, 2.75) is 39.2 Å². The summed E-state index contributed by atoms with van der Waals surface area (Å²) in [4.78, 5) is 11.7. The summed E-state index contributed by atoms with van der Waals surface area (Å²) in [6.07, 6.45) is 7.34. The highest BCUT2D eigenvalue weighted by Gasteiger charge is 2.17. The van der Waals surface area contributed by atoms with E-state index in [0.717, 1.165) is 12.0 Å². The zero-order valence-electron chi connectivity index (χ0n) is 11.6. The van der Waals surface area contributed by atoms with E-state index in [-0.39, 0.29) is 12.1 Å². The van der Waals surface area contributed by atoms with Gasteiger partial charge in [0.1, 0.15) is 0 Å². The molecule has 1 aromatic rings. The molecule has 0 bridgehead atoms. The molecule has 1 atom stereocenters. The smallest absolute Gasteiger partial charge is 0.319 e. The number of amides is 2. The van der Waals surface area contributed by atoms with Crippen molar-refractivity contribution in [3.63, 3.8) is 0 Å². The fourth-order valence-electron chi connectivity index (χ4n) is 1.91. The Hall–Kier alpha value is -1.77. The van der Waals surface area contributed by atoms with Crippen molar-refractivity contribution in [2.75, 3.05) is 0 Å². The zero-order valence-corrected chi connectivity index (χ0v) is 11.6. The summed E-state index contributed by atoms with van der Waals surface area (Å²) in [6.45, 7) is 4.13. The highest BCUT2D eigenvalue weighted by Crippen LogP contribution is 2.29. The molecule has 19 heavy (non-hydrogen) atoms. The van der Waals surface area contributed by atoms with Gasteiger partial charge in [-0.3, -0.25) is 0 Å². The van der Waals surface area contributed by atoms with Crippen LogP contribution in [0.2, 0.25) is 0 Å². The average molecular weight is 258 g/mol. The normalized spacial score (nSPS) is 16.3. The number of nitrogens with one attached hydrogen (secondary N) is 2. The third-order valence-corrected chi connectivity index (χ3v) is 3.44. The lowest BCUT2D eigenvalue weighted by molar-refractivity contribution is 0.241. The van der Waals surface area contributed by atoms with Gasteiger partial charge in [-0.15, -0.1) is 0 Å². The molecule has 1 aromatic carbocycles. The average Bonchev–Trinajstić information content (AvgIpc) is 3.23. The van der Waals surface area contributed by atoms with Gasteiger partial charge in [0, 0.05) is 6.20 Å². The molecule has 0 aromatic heterocycles. The lowest BCUT2D eigenvalue weighted by Gasteiger charge is -2.14. The molecular weight excluding hydrogens is 236 g/mol. The summed E-state index contributed by atoms with van der Waals surface area (Å²) in [5.74, 6) is 0.680. The summed E-state index contributed by atoms with van der Waals surface area (Å²) in [7, 11) is 0. The lowest BCUT2D eigenvalue weighted by Crippen LogP contribution is -2.34. The van der Waals surface area contributed by atoms with Crippen LogP contribution in [-0.4, -0.2) is 6.03 Å².